The van der Waals surface area contributed by atoms with Crippen LogP contribution in [0.5, 0.6) is 5.75 Å². The molecule has 0 bridgehead atoms. The van der Waals surface area contributed by atoms with Crippen molar-refractivity contribution in [3.63, 3.8) is 0 Å². The fraction of sp³-hybridized carbons (Fsp3) is 0.188. The highest BCUT2D eigenvalue weighted by Crippen LogP contribution is 2.28. The number of ketones is 1. The minimum Gasteiger partial charge on any atom is -0.497 e. The smallest absolute Gasteiger partial charge is 0.159 e. The molecule has 0 atom stereocenters. The number of ether oxygens (including phenoxy) is 1. The number of nitrogens with zero attached hydrogens (tertiary/aromatic N) is 1. The van der Waals surface area contributed by atoms with Gasteiger partial charge in [-0.1, -0.05) is 0 Å². The summed E-state index contributed by atoms with van der Waals surface area (Å²) in [6, 6.07) is 11.6. The number of anilines is 2. The average Bonchev–Trinajstić information content (AvgIpc) is 2.47. The summed E-state index contributed by atoms with van der Waals surface area (Å²) in [4.78, 5) is 13.1. The van der Waals surface area contributed by atoms with Crippen LogP contribution in [0.25, 0.3) is 0 Å². The molecule has 0 radical (unpaired) electrons. The van der Waals surface area contributed by atoms with Crippen LogP contribution in [0.3, 0.4) is 0 Å². The number of rotatable bonds is 4. The summed E-state index contributed by atoms with van der Waals surface area (Å²) in [6.07, 6.45) is 0. The van der Waals surface area contributed by atoms with Crippen molar-refractivity contribution in [3.05, 3.63) is 53.8 Å². The van der Waals surface area contributed by atoms with E-state index in [0.717, 1.165) is 11.4 Å². The predicted molar refractivity (Wildman–Crippen MR) is 77.5 cm³/mol. The molecular weight excluding hydrogens is 257 g/mol. The van der Waals surface area contributed by atoms with Gasteiger partial charge in [-0.05, 0) is 49.4 Å². The van der Waals surface area contributed by atoms with Gasteiger partial charge in [0.2, 0.25) is 0 Å². The van der Waals surface area contributed by atoms with Crippen molar-refractivity contribution in [2.24, 2.45) is 0 Å². The number of Topliss-reactive ketones (excluding diaryl/α,β-unsaturated/α-hetero) is 1. The van der Waals surface area contributed by atoms with Crippen LogP contribution in [0, 0.1) is 5.82 Å². The van der Waals surface area contributed by atoms with Gasteiger partial charge in [-0.25, -0.2) is 4.39 Å². The van der Waals surface area contributed by atoms with Crippen LogP contribution >= 0.6 is 0 Å². The van der Waals surface area contributed by atoms with Crippen LogP contribution in [-0.4, -0.2) is 19.9 Å². The van der Waals surface area contributed by atoms with Gasteiger partial charge in [-0.15, -0.1) is 0 Å². The first-order chi connectivity index (χ1) is 9.52. The first-order valence-electron chi connectivity index (χ1n) is 6.21. The molecule has 2 rings (SSSR count). The van der Waals surface area contributed by atoms with E-state index in [0.29, 0.717) is 11.3 Å². The molecule has 0 spiro atoms. The summed E-state index contributed by atoms with van der Waals surface area (Å²) < 4.78 is 19.0. The Bertz CT molecular complexity index is 623. The molecule has 0 aliphatic rings. The van der Waals surface area contributed by atoms with Crippen LogP contribution in [0.15, 0.2) is 42.5 Å². The highest BCUT2D eigenvalue weighted by atomic mass is 19.1. The van der Waals surface area contributed by atoms with Gasteiger partial charge in [0.25, 0.3) is 0 Å². The van der Waals surface area contributed by atoms with Crippen molar-refractivity contribution in [2.45, 2.75) is 6.92 Å². The lowest BCUT2D eigenvalue weighted by atomic mass is 10.1. The molecule has 0 aromatic heterocycles. The van der Waals surface area contributed by atoms with Crippen molar-refractivity contribution in [1.82, 2.24) is 0 Å². The molecule has 0 N–H and O–H groups in total. The Morgan fingerprint density at radius 2 is 1.80 bits per heavy atom. The molecule has 2 aromatic carbocycles. The van der Waals surface area contributed by atoms with E-state index in [-0.39, 0.29) is 11.6 Å². The standard InChI is InChI=1S/C16H16FNO2/c1-11(19)12-4-9-15(17)16(10-12)18(2)13-5-7-14(20-3)8-6-13/h4-10H,1-3H3. The number of methoxy groups -OCH3 is 1. The molecule has 0 unspecified atom stereocenters. The number of hydrogen-bond donors (Lipinski definition) is 0. The number of carbonyl (C=O) groups excluding carboxylic acids is 1. The van der Waals surface area contributed by atoms with Crippen molar-refractivity contribution in [2.75, 3.05) is 19.1 Å². The predicted octanol–water partition coefficient (Wildman–Crippen LogP) is 3.80. The first kappa shape index (κ1) is 14.1. The molecule has 2 aromatic rings. The quantitative estimate of drug-likeness (QED) is 0.793. The van der Waals surface area contributed by atoms with E-state index in [1.54, 1.807) is 37.3 Å². The van der Waals surface area contributed by atoms with Gasteiger partial charge in [0.05, 0.1) is 12.8 Å². The van der Waals surface area contributed by atoms with Crippen LogP contribution in [0.2, 0.25) is 0 Å². The highest BCUT2D eigenvalue weighted by Gasteiger charge is 2.12. The highest BCUT2D eigenvalue weighted by molar-refractivity contribution is 5.95. The molecule has 0 fully saturated rings. The van der Waals surface area contributed by atoms with E-state index < -0.39 is 0 Å². The average molecular weight is 273 g/mol. The Morgan fingerprint density at radius 1 is 1.15 bits per heavy atom. The van der Waals surface area contributed by atoms with Gasteiger partial charge in [0.1, 0.15) is 11.6 Å². The lowest BCUT2D eigenvalue weighted by Crippen LogP contribution is -2.12. The van der Waals surface area contributed by atoms with Gasteiger partial charge in [-0.2, -0.15) is 0 Å². The minimum absolute atomic E-state index is 0.0885. The maximum Gasteiger partial charge on any atom is 0.159 e. The second kappa shape index (κ2) is 5.74. The lowest BCUT2D eigenvalue weighted by molar-refractivity contribution is 0.101. The fourth-order valence-corrected chi connectivity index (χ4v) is 1.93. The molecule has 0 heterocycles. The fourth-order valence-electron chi connectivity index (χ4n) is 1.93. The van der Waals surface area contributed by atoms with Gasteiger partial charge < -0.3 is 9.64 Å². The van der Waals surface area contributed by atoms with Crippen LogP contribution < -0.4 is 9.64 Å². The van der Waals surface area contributed by atoms with Crippen molar-refractivity contribution >= 4 is 17.2 Å². The second-order valence-corrected chi connectivity index (χ2v) is 4.48. The number of hydrogen-bond acceptors (Lipinski definition) is 3. The van der Waals surface area contributed by atoms with E-state index >= 15 is 0 Å². The molecule has 0 aliphatic carbocycles. The Hall–Kier alpha value is -2.36. The van der Waals surface area contributed by atoms with Crippen LogP contribution in [0.4, 0.5) is 15.8 Å². The zero-order valence-corrected chi connectivity index (χ0v) is 11.7. The molecule has 104 valence electrons. The molecular formula is C16H16FNO2. The summed E-state index contributed by atoms with van der Waals surface area (Å²) in [7, 11) is 3.35. The summed E-state index contributed by atoms with van der Waals surface area (Å²) in [5, 5.41) is 0. The normalized spacial score (nSPS) is 10.2. The van der Waals surface area contributed by atoms with Crippen molar-refractivity contribution < 1.29 is 13.9 Å². The molecule has 3 nitrogen and oxygen atoms in total. The van der Waals surface area contributed by atoms with E-state index in [4.69, 9.17) is 4.74 Å². The largest absolute Gasteiger partial charge is 0.497 e. The third-order valence-corrected chi connectivity index (χ3v) is 3.17. The Kier molecular flexibility index (Phi) is 4.03. The summed E-state index contributed by atoms with van der Waals surface area (Å²) in [5.74, 6) is 0.280. The Balaban J connectivity index is 2.38. The molecule has 4 heteroatoms. The zero-order chi connectivity index (χ0) is 14.7. The third-order valence-electron chi connectivity index (χ3n) is 3.17. The van der Waals surface area contributed by atoms with E-state index in [1.807, 2.05) is 12.1 Å². The van der Waals surface area contributed by atoms with E-state index in [2.05, 4.69) is 0 Å². The Morgan fingerprint density at radius 3 is 2.35 bits per heavy atom. The van der Waals surface area contributed by atoms with Gasteiger partial charge in [0.15, 0.2) is 5.78 Å². The van der Waals surface area contributed by atoms with Crippen molar-refractivity contribution in [1.29, 1.82) is 0 Å². The Labute approximate surface area is 117 Å². The molecule has 0 saturated carbocycles. The number of benzene rings is 2. The topological polar surface area (TPSA) is 29.5 Å². The van der Waals surface area contributed by atoms with Gasteiger partial charge in [-0.3, -0.25) is 4.79 Å². The zero-order valence-electron chi connectivity index (χ0n) is 11.7. The molecule has 0 amide bonds. The third kappa shape index (κ3) is 2.79. The lowest BCUT2D eigenvalue weighted by Gasteiger charge is -2.21. The summed E-state index contributed by atoms with van der Waals surface area (Å²) >= 11 is 0. The minimum atomic E-state index is -0.367. The van der Waals surface area contributed by atoms with Crippen LogP contribution in [-0.2, 0) is 0 Å². The van der Waals surface area contributed by atoms with E-state index in [1.165, 1.54) is 19.1 Å². The van der Waals surface area contributed by atoms with Crippen LogP contribution in [0.1, 0.15) is 17.3 Å². The molecule has 0 aliphatic heterocycles. The van der Waals surface area contributed by atoms with Crippen molar-refractivity contribution in [3.8, 4) is 5.75 Å². The maximum atomic E-state index is 13.9. The summed E-state index contributed by atoms with van der Waals surface area (Å²) in [5.41, 5.74) is 1.66. The van der Waals surface area contributed by atoms with Gasteiger partial charge >= 0.3 is 0 Å². The van der Waals surface area contributed by atoms with E-state index in [9.17, 15) is 9.18 Å². The summed E-state index contributed by atoms with van der Waals surface area (Å²) in [6.45, 7) is 1.46. The molecule has 0 saturated heterocycles. The first-order valence-corrected chi connectivity index (χ1v) is 6.21. The van der Waals surface area contributed by atoms with Gasteiger partial charge in [0, 0.05) is 18.3 Å². The molecule has 20 heavy (non-hydrogen) atoms. The SMILES string of the molecule is COc1ccc(N(C)c2cc(C(C)=O)ccc2F)cc1. The maximum absolute atomic E-state index is 13.9. The number of halogens is 1. The number of carbonyl (C=O) groups is 1. The second-order valence-electron chi connectivity index (χ2n) is 4.48. The monoisotopic (exact) mass is 273 g/mol.